The minimum Gasteiger partial charge on any atom is -0.495 e. The first kappa shape index (κ1) is 19.9. The van der Waals surface area contributed by atoms with Crippen molar-refractivity contribution in [3.63, 3.8) is 0 Å². The third kappa shape index (κ3) is 3.90. The van der Waals surface area contributed by atoms with Gasteiger partial charge in [-0.3, -0.25) is 14.6 Å². The fourth-order valence-electron chi connectivity index (χ4n) is 3.29. The first-order chi connectivity index (χ1) is 15.1. The van der Waals surface area contributed by atoms with Gasteiger partial charge < -0.3 is 25.5 Å². The highest BCUT2D eigenvalue weighted by Gasteiger charge is 2.29. The van der Waals surface area contributed by atoms with Crippen LogP contribution in [0, 0.1) is 11.8 Å². The Morgan fingerprint density at radius 2 is 2.06 bits per heavy atom. The molecule has 8 nitrogen and oxygen atoms in total. The van der Waals surface area contributed by atoms with Crippen LogP contribution >= 0.6 is 0 Å². The number of ether oxygens (including phenoxy) is 1. The van der Waals surface area contributed by atoms with Gasteiger partial charge in [-0.25, -0.2) is 0 Å². The number of carbonyl (C=O) groups is 2. The maximum atomic E-state index is 12.7. The molecular formula is C23H18N4O4. The number of aromatic amines is 1. The third-order valence-corrected chi connectivity index (χ3v) is 4.70. The van der Waals surface area contributed by atoms with Crippen molar-refractivity contribution in [2.45, 2.75) is 0 Å². The number of nitrogens with one attached hydrogen (secondary N) is 3. The molecule has 3 heterocycles. The number of carbonyl (C=O) groups excluding carboxylic acids is 2. The van der Waals surface area contributed by atoms with Gasteiger partial charge in [-0.1, -0.05) is 11.8 Å². The maximum absolute atomic E-state index is 12.7. The van der Waals surface area contributed by atoms with Crippen LogP contribution in [0.3, 0.4) is 0 Å². The van der Waals surface area contributed by atoms with E-state index in [9.17, 15) is 14.7 Å². The van der Waals surface area contributed by atoms with Crippen molar-refractivity contribution >= 4 is 34.8 Å². The number of nitrogens with zero attached hydrogens (tertiary/aromatic N) is 1. The Hall–Kier alpha value is -4.35. The molecule has 0 unspecified atom stereocenters. The van der Waals surface area contributed by atoms with Crippen molar-refractivity contribution in [1.82, 2.24) is 9.97 Å². The van der Waals surface area contributed by atoms with Crippen LogP contribution in [0.4, 0.5) is 11.4 Å². The van der Waals surface area contributed by atoms with E-state index in [1.54, 1.807) is 49.7 Å². The molecule has 0 radical (unpaired) electrons. The molecular weight excluding hydrogens is 396 g/mol. The van der Waals surface area contributed by atoms with Crippen LogP contribution in [0.15, 0.2) is 48.9 Å². The van der Waals surface area contributed by atoms with E-state index in [0.29, 0.717) is 45.1 Å². The van der Waals surface area contributed by atoms with Gasteiger partial charge in [0.2, 0.25) is 0 Å². The second kappa shape index (κ2) is 8.57. The lowest BCUT2D eigenvalue weighted by molar-refractivity contribution is -0.110. The molecule has 0 saturated heterocycles. The summed E-state index contributed by atoms with van der Waals surface area (Å²) in [6.45, 7) is -0.369. The molecule has 2 amide bonds. The summed E-state index contributed by atoms with van der Waals surface area (Å²) in [6.07, 6.45) is 6.42. The van der Waals surface area contributed by atoms with E-state index in [4.69, 9.17) is 4.74 Å². The zero-order valence-electron chi connectivity index (χ0n) is 16.5. The summed E-state index contributed by atoms with van der Waals surface area (Å²) in [7, 11) is 1.54. The molecule has 154 valence electrons. The van der Waals surface area contributed by atoms with E-state index >= 15 is 0 Å². The smallest absolute Gasteiger partial charge is 0.256 e. The van der Waals surface area contributed by atoms with Crippen molar-refractivity contribution in [2.75, 3.05) is 24.4 Å². The summed E-state index contributed by atoms with van der Waals surface area (Å²) >= 11 is 0. The average Bonchev–Trinajstić information content (AvgIpc) is 3.37. The number of H-pyrrole nitrogens is 1. The molecule has 4 N–H and O–H groups in total. The van der Waals surface area contributed by atoms with E-state index in [2.05, 4.69) is 32.4 Å². The molecule has 1 aliphatic rings. The van der Waals surface area contributed by atoms with E-state index in [0.717, 1.165) is 0 Å². The van der Waals surface area contributed by atoms with Crippen LogP contribution < -0.4 is 15.4 Å². The van der Waals surface area contributed by atoms with Crippen molar-refractivity contribution < 1.29 is 19.4 Å². The summed E-state index contributed by atoms with van der Waals surface area (Å²) in [5, 5.41) is 14.9. The number of rotatable bonds is 4. The van der Waals surface area contributed by atoms with Crippen molar-refractivity contribution in [2.24, 2.45) is 0 Å². The van der Waals surface area contributed by atoms with E-state index in [1.165, 1.54) is 12.4 Å². The highest BCUT2D eigenvalue weighted by Crippen LogP contribution is 2.39. The highest BCUT2D eigenvalue weighted by molar-refractivity contribution is 6.36. The Morgan fingerprint density at radius 3 is 2.81 bits per heavy atom. The number of aromatic nitrogens is 2. The number of hydrogen-bond donors (Lipinski definition) is 4. The van der Waals surface area contributed by atoms with Crippen LogP contribution in [-0.2, 0) is 4.79 Å². The summed E-state index contributed by atoms with van der Waals surface area (Å²) in [5.74, 6) is 5.42. The van der Waals surface area contributed by atoms with Gasteiger partial charge in [0.15, 0.2) is 0 Å². The highest BCUT2D eigenvalue weighted by atomic mass is 16.5. The van der Waals surface area contributed by atoms with E-state index in [-0.39, 0.29) is 18.4 Å². The maximum Gasteiger partial charge on any atom is 0.256 e. The van der Waals surface area contributed by atoms with Gasteiger partial charge >= 0.3 is 0 Å². The first-order valence-corrected chi connectivity index (χ1v) is 9.35. The second-order valence-electron chi connectivity index (χ2n) is 6.53. The lowest BCUT2D eigenvalue weighted by Gasteiger charge is -2.12. The molecule has 0 atom stereocenters. The quantitative estimate of drug-likeness (QED) is 0.387. The number of aliphatic hydroxyl groups excluding tert-OH is 1. The van der Waals surface area contributed by atoms with Gasteiger partial charge in [0.05, 0.1) is 35.3 Å². The summed E-state index contributed by atoms with van der Waals surface area (Å²) < 4.78 is 5.31. The zero-order chi connectivity index (χ0) is 21.8. The molecule has 1 aliphatic heterocycles. The molecule has 0 bridgehead atoms. The number of anilines is 2. The van der Waals surface area contributed by atoms with Gasteiger partial charge in [0, 0.05) is 29.7 Å². The predicted molar refractivity (Wildman–Crippen MR) is 116 cm³/mol. The topological polar surface area (TPSA) is 116 Å². The Bertz CT molecular complexity index is 1250. The number of benzene rings is 1. The Labute approximate surface area is 178 Å². The van der Waals surface area contributed by atoms with Crippen LogP contribution in [0.2, 0.25) is 0 Å². The number of hydrogen-bond acceptors (Lipinski definition) is 5. The van der Waals surface area contributed by atoms with Crippen LogP contribution in [0.5, 0.6) is 5.75 Å². The van der Waals surface area contributed by atoms with Gasteiger partial charge in [-0.15, -0.1) is 0 Å². The Morgan fingerprint density at radius 1 is 1.26 bits per heavy atom. The van der Waals surface area contributed by atoms with Crippen LogP contribution in [-0.4, -0.2) is 40.6 Å². The van der Waals surface area contributed by atoms with Crippen LogP contribution in [0.25, 0.3) is 11.6 Å². The number of pyridine rings is 1. The van der Waals surface area contributed by atoms with E-state index in [1.807, 2.05) is 0 Å². The number of amides is 2. The minimum absolute atomic E-state index is 0.309. The minimum atomic E-state index is -0.369. The molecule has 8 heteroatoms. The number of methoxy groups -OCH3 is 1. The molecule has 0 spiro atoms. The first-order valence-electron chi connectivity index (χ1n) is 9.35. The van der Waals surface area contributed by atoms with Gasteiger partial charge in [-0.2, -0.15) is 0 Å². The lowest BCUT2D eigenvalue weighted by Crippen LogP contribution is -2.13. The molecule has 31 heavy (non-hydrogen) atoms. The predicted octanol–water partition coefficient (Wildman–Crippen LogP) is 2.51. The second-order valence-corrected chi connectivity index (χ2v) is 6.53. The lowest BCUT2D eigenvalue weighted by atomic mass is 9.97. The zero-order valence-corrected chi connectivity index (χ0v) is 16.5. The standard InChI is InChI=1S/C23H18N4O4/c1-31-20-8-11-25-19(20)13-16-21-15(3-2-12-28)17(4-5-18(21)27-23(16)30)26-22(29)14-6-9-24-10-7-14/h4-11,13,25,28H,12H2,1H3,(H,26,29)(H,27,30)/b16-13-. The normalized spacial score (nSPS) is 13.2. The number of fused-ring (bicyclic) bond motifs is 1. The molecule has 0 saturated carbocycles. The van der Waals surface area contributed by atoms with Crippen LogP contribution in [0.1, 0.15) is 27.2 Å². The molecule has 4 rings (SSSR count). The SMILES string of the molecule is COc1cc[nH]c1/C=C1\C(=O)Nc2ccc(NC(=O)c3ccncc3)c(C#CCO)c21. The largest absolute Gasteiger partial charge is 0.495 e. The third-order valence-electron chi connectivity index (χ3n) is 4.70. The van der Waals surface area contributed by atoms with Gasteiger partial charge in [0.25, 0.3) is 11.8 Å². The Balaban J connectivity index is 1.83. The molecule has 3 aromatic rings. The summed E-state index contributed by atoms with van der Waals surface area (Å²) in [5.41, 5.74) is 3.34. The fourth-order valence-corrected chi connectivity index (χ4v) is 3.29. The summed E-state index contributed by atoms with van der Waals surface area (Å²) in [4.78, 5) is 32.3. The average molecular weight is 414 g/mol. The van der Waals surface area contributed by atoms with Crippen molar-refractivity contribution in [3.8, 4) is 17.6 Å². The van der Waals surface area contributed by atoms with E-state index < -0.39 is 0 Å². The molecule has 0 fully saturated rings. The van der Waals surface area contributed by atoms with Crippen molar-refractivity contribution in [3.05, 3.63) is 71.3 Å². The molecule has 1 aromatic carbocycles. The monoisotopic (exact) mass is 414 g/mol. The fraction of sp³-hybridized carbons (Fsp3) is 0.0870. The molecule has 2 aromatic heterocycles. The van der Waals surface area contributed by atoms with Gasteiger partial charge in [0.1, 0.15) is 12.4 Å². The van der Waals surface area contributed by atoms with Crippen molar-refractivity contribution in [1.29, 1.82) is 0 Å². The summed E-state index contributed by atoms with van der Waals surface area (Å²) in [6, 6.07) is 8.30. The van der Waals surface area contributed by atoms with Gasteiger partial charge in [-0.05, 0) is 36.4 Å². The number of aliphatic hydroxyl groups is 1. The molecule has 0 aliphatic carbocycles. The Kier molecular flexibility index (Phi) is 5.51.